The predicted octanol–water partition coefficient (Wildman–Crippen LogP) is 3.37. The van der Waals surface area contributed by atoms with Gasteiger partial charge in [0.1, 0.15) is 11.3 Å². The van der Waals surface area contributed by atoms with Crippen molar-refractivity contribution in [1.29, 1.82) is 0 Å². The molecular formula is C30H38N2O5. The molecule has 2 heterocycles. The van der Waals surface area contributed by atoms with Crippen molar-refractivity contribution in [2.24, 2.45) is 53.3 Å². The lowest BCUT2D eigenvalue weighted by molar-refractivity contribution is -0.127. The Bertz CT molecular complexity index is 1150. The second kappa shape index (κ2) is 8.95. The number of hydrogen-bond donors (Lipinski definition) is 2. The van der Waals surface area contributed by atoms with Crippen molar-refractivity contribution < 1.29 is 24.3 Å². The van der Waals surface area contributed by atoms with Gasteiger partial charge in [-0.3, -0.25) is 19.2 Å². The van der Waals surface area contributed by atoms with Crippen LogP contribution in [0.2, 0.25) is 0 Å². The highest BCUT2D eigenvalue weighted by Gasteiger charge is 2.60. The molecule has 37 heavy (non-hydrogen) atoms. The SMILES string of the molecule is CCC1CC2C(CC3C4/C=C\C5/C(O)=C6\C(=O)C(CCCNC(=O)C5C/C=C\4C(=O)C32)N(C)C6=O)C1C. The first-order valence-electron chi connectivity index (χ1n) is 14.2. The summed E-state index contributed by atoms with van der Waals surface area (Å²) in [6.07, 6.45) is 10.4. The van der Waals surface area contributed by atoms with E-state index >= 15 is 0 Å². The van der Waals surface area contributed by atoms with E-state index in [-0.39, 0.29) is 46.6 Å². The van der Waals surface area contributed by atoms with E-state index in [9.17, 15) is 24.3 Å². The highest BCUT2D eigenvalue weighted by Crippen LogP contribution is 2.62. The summed E-state index contributed by atoms with van der Waals surface area (Å²) in [5, 5.41) is 14.4. The van der Waals surface area contributed by atoms with E-state index in [1.54, 1.807) is 7.05 Å². The van der Waals surface area contributed by atoms with Crippen LogP contribution >= 0.6 is 0 Å². The molecule has 0 aromatic carbocycles. The van der Waals surface area contributed by atoms with Crippen LogP contribution in [-0.2, 0) is 19.2 Å². The topological polar surface area (TPSA) is 104 Å². The Labute approximate surface area is 218 Å². The molecule has 6 aliphatic rings. The number of likely N-dealkylation sites (N-methyl/N-ethyl adjacent to an activating group) is 1. The molecule has 10 atom stereocenters. The Hall–Kier alpha value is -2.70. The van der Waals surface area contributed by atoms with Crippen molar-refractivity contribution in [3.8, 4) is 0 Å². The van der Waals surface area contributed by atoms with Gasteiger partial charge in [0, 0.05) is 31.3 Å². The molecule has 0 aromatic heterocycles. The van der Waals surface area contributed by atoms with E-state index in [4.69, 9.17) is 0 Å². The van der Waals surface area contributed by atoms with Crippen molar-refractivity contribution in [3.05, 3.63) is 35.1 Å². The standard InChI is InChI=1S/C30H38N2O5/c1-4-15-12-21-20(14(15)2)13-22-16-7-8-18-19(10-9-17(16)26(33)24(21)22)29(36)31-11-5-6-23-28(35)25(27(18)34)30(37)32(23)3/h7-9,14-16,18-24,34H,4-6,10-13H2,1-3H3,(H,31,36)/b8-7-,17-9+,27-25-. The minimum atomic E-state index is -0.788. The maximum Gasteiger partial charge on any atom is 0.261 e. The van der Waals surface area contributed by atoms with E-state index < -0.39 is 23.8 Å². The van der Waals surface area contributed by atoms with Gasteiger partial charge in [0.25, 0.3) is 5.91 Å². The van der Waals surface area contributed by atoms with Gasteiger partial charge in [0.05, 0.1) is 12.0 Å². The summed E-state index contributed by atoms with van der Waals surface area (Å²) in [5.74, 6) is -0.00797. The lowest BCUT2D eigenvalue weighted by Gasteiger charge is -2.27. The van der Waals surface area contributed by atoms with Gasteiger partial charge in [-0.05, 0) is 67.3 Å². The first kappa shape index (κ1) is 24.6. The molecule has 198 valence electrons. The average molecular weight is 507 g/mol. The summed E-state index contributed by atoms with van der Waals surface area (Å²) in [4.78, 5) is 54.7. The van der Waals surface area contributed by atoms with Crippen LogP contribution in [0.1, 0.15) is 52.4 Å². The number of amides is 2. The first-order chi connectivity index (χ1) is 17.7. The van der Waals surface area contributed by atoms with E-state index in [0.29, 0.717) is 49.5 Å². The predicted molar refractivity (Wildman–Crippen MR) is 137 cm³/mol. The summed E-state index contributed by atoms with van der Waals surface area (Å²) < 4.78 is 0. The molecule has 7 heteroatoms. The second-order valence-electron chi connectivity index (χ2n) is 12.3. The van der Waals surface area contributed by atoms with Crippen LogP contribution < -0.4 is 5.32 Å². The van der Waals surface area contributed by atoms with Gasteiger partial charge in [0.2, 0.25) is 5.91 Å². The minimum absolute atomic E-state index is 0.0404. The first-order valence-corrected chi connectivity index (χ1v) is 14.2. The van der Waals surface area contributed by atoms with Gasteiger partial charge in [-0.2, -0.15) is 0 Å². The minimum Gasteiger partial charge on any atom is -0.511 e. The van der Waals surface area contributed by atoms with Gasteiger partial charge in [-0.15, -0.1) is 0 Å². The highest BCUT2D eigenvalue weighted by molar-refractivity contribution is 6.26. The van der Waals surface area contributed by atoms with Gasteiger partial charge >= 0.3 is 0 Å². The molecule has 0 aromatic rings. The maximum absolute atomic E-state index is 13.8. The van der Waals surface area contributed by atoms with Crippen LogP contribution in [0, 0.1) is 53.3 Å². The zero-order valence-electron chi connectivity index (χ0n) is 22.0. The monoisotopic (exact) mass is 506 g/mol. The number of rotatable bonds is 1. The van der Waals surface area contributed by atoms with Crippen LogP contribution in [-0.4, -0.2) is 53.0 Å². The zero-order valence-corrected chi connectivity index (χ0v) is 22.0. The molecule has 1 saturated heterocycles. The molecule has 2 bridgehead atoms. The summed E-state index contributed by atoms with van der Waals surface area (Å²) >= 11 is 0. The third-order valence-corrected chi connectivity index (χ3v) is 10.9. The molecule has 7 nitrogen and oxygen atoms in total. The number of nitrogens with one attached hydrogen (secondary N) is 1. The second-order valence-corrected chi connectivity index (χ2v) is 12.3. The van der Waals surface area contributed by atoms with Crippen LogP contribution in [0.15, 0.2) is 35.1 Å². The van der Waals surface area contributed by atoms with E-state index in [1.165, 1.54) is 4.90 Å². The molecule has 2 amide bonds. The van der Waals surface area contributed by atoms with Crippen molar-refractivity contribution >= 4 is 23.4 Å². The fraction of sp³-hybridized carbons (Fsp3) is 0.667. The molecule has 6 rings (SSSR count). The Morgan fingerprint density at radius 2 is 1.78 bits per heavy atom. The Morgan fingerprint density at radius 3 is 2.54 bits per heavy atom. The van der Waals surface area contributed by atoms with Crippen molar-refractivity contribution in [1.82, 2.24) is 10.2 Å². The number of ketones is 2. The quantitative estimate of drug-likeness (QED) is 0.419. The number of hydrogen-bond acceptors (Lipinski definition) is 5. The number of carbonyl (C=O) groups is 4. The number of aliphatic hydroxyl groups is 1. The molecule has 4 fully saturated rings. The average Bonchev–Trinajstić information content (AvgIpc) is 3.51. The molecule has 0 radical (unpaired) electrons. The van der Waals surface area contributed by atoms with Crippen molar-refractivity contribution in [2.75, 3.05) is 13.6 Å². The lowest BCUT2D eigenvalue weighted by Crippen LogP contribution is -2.37. The maximum atomic E-state index is 13.8. The fourth-order valence-electron chi connectivity index (χ4n) is 8.88. The number of allylic oxidation sites excluding steroid dienone is 4. The zero-order chi connectivity index (χ0) is 26.2. The number of Topliss-reactive ketones (excluding diaryl/α,β-unsaturated/α-hetero) is 2. The summed E-state index contributed by atoms with van der Waals surface area (Å²) in [7, 11) is 1.60. The van der Waals surface area contributed by atoms with Crippen LogP contribution in [0.25, 0.3) is 0 Å². The van der Waals surface area contributed by atoms with Gasteiger partial charge in [-0.1, -0.05) is 38.5 Å². The fourth-order valence-corrected chi connectivity index (χ4v) is 8.88. The molecule has 2 N–H and O–H groups in total. The Kier molecular flexibility index (Phi) is 5.96. The van der Waals surface area contributed by atoms with E-state index in [1.807, 2.05) is 18.2 Å². The molecule has 2 aliphatic heterocycles. The van der Waals surface area contributed by atoms with Gasteiger partial charge < -0.3 is 15.3 Å². The summed E-state index contributed by atoms with van der Waals surface area (Å²) in [6.45, 7) is 5.00. The Balaban J connectivity index is 1.38. The number of likely N-dealkylation sites (tertiary alicyclic amines) is 1. The molecule has 3 saturated carbocycles. The van der Waals surface area contributed by atoms with Crippen LogP contribution in [0.5, 0.6) is 0 Å². The van der Waals surface area contributed by atoms with E-state index in [2.05, 4.69) is 19.2 Å². The van der Waals surface area contributed by atoms with E-state index in [0.717, 1.165) is 24.8 Å². The highest BCUT2D eigenvalue weighted by atomic mass is 16.3. The number of nitrogens with zero attached hydrogens (tertiary/aromatic N) is 1. The summed E-state index contributed by atoms with van der Waals surface area (Å²) in [5.41, 5.74) is 0.639. The third kappa shape index (κ3) is 3.52. The van der Waals surface area contributed by atoms with Crippen LogP contribution in [0.3, 0.4) is 0 Å². The smallest absolute Gasteiger partial charge is 0.261 e. The van der Waals surface area contributed by atoms with Crippen molar-refractivity contribution in [2.45, 2.75) is 58.4 Å². The van der Waals surface area contributed by atoms with Crippen LogP contribution in [0.4, 0.5) is 0 Å². The molecular weight excluding hydrogens is 468 g/mol. The van der Waals surface area contributed by atoms with Crippen molar-refractivity contribution in [3.63, 3.8) is 0 Å². The largest absolute Gasteiger partial charge is 0.511 e. The molecule has 10 unspecified atom stereocenters. The number of carbonyl (C=O) groups excluding carboxylic acids is 4. The number of fused-ring (bicyclic) bond motifs is 8. The van der Waals surface area contributed by atoms with Gasteiger partial charge in [-0.25, -0.2) is 0 Å². The molecule has 0 spiro atoms. The molecule has 4 aliphatic carbocycles. The Morgan fingerprint density at radius 1 is 1.03 bits per heavy atom. The summed E-state index contributed by atoms with van der Waals surface area (Å²) in [6, 6.07) is -0.609. The number of aliphatic hydroxyl groups excluding tert-OH is 1. The third-order valence-electron chi connectivity index (χ3n) is 10.9. The van der Waals surface area contributed by atoms with Gasteiger partial charge in [0.15, 0.2) is 11.6 Å². The lowest BCUT2D eigenvalue weighted by atomic mass is 9.78. The normalized spacial score (nSPS) is 47.6.